The second kappa shape index (κ2) is 9.69. The van der Waals surface area contributed by atoms with Gasteiger partial charge in [-0.1, -0.05) is 6.92 Å². The first kappa shape index (κ1) is 19.6. The predicted octanol–water partition coefficient (Wildman–Crippen LogP) is 1.82. The Balaban J connectivity index is 1.58. The van der Waals surface area contributed by atoms with E-state index in [1.54, 1.807) is 0 Å². The van der Waals surface area contributed by atoms with E-state index in [0.29, 0.717) is 18.5 Å². The zero-order valence-corrected chi connectivity index (χ0v) is 16.9. The number of aryl methyl sites for hydroxylation is 1. The molecule has 3 rings (SSSR count). The van der Waals surface area contributed by atoms with Gasteiger partial charge in [-0.3, -0.25) is 14.8 Å². The zero-order chi connectivity index (χ0) is 18.4. The standard InChI is InChI=1S/C19H33N5OS/c1-3-23-8-4-5-16(23)13-21-19(20)22-14-17(18-7-6-15(2)26-18)24-9-11-25-12-10-24/h6-7,16-17H,3-5,8-14H2,1-2H3,(H3,20,21,22). The second-order valence-electron chi connectivity index (χ2n) is 7.14. The fourth-order valence-corrected chi connectivity index (χ4v) is 4.92. The molecule has 2 aliphatic rings. The minimum atomic E-state index is 0.288. The Kier molecular flexibility index (Phi) is 7.31. The number of guanidine groups is 1. The average Bonchev–Trinajstić information content (AvgIpc) is 3.29. The number of aliphatic imine (C=N–C) groups is 1. The monoisotopic (exact) mass is 379 g/mol. The highest BCUT2D eigenvalue weighted by Gasteiger charge is 2.24. The van der Waals surface area contributed by atoms with E-state index in [0.717, 1.165) is 39.4 Å². The van der Waals surface area contributed by atoms with Gasteiger partial charge < -0.3 is 15.8 Å². The van der Waals surface area contributed by atoms with Crippen LogP contribution in [0.4, 0.5) is 0 Å². The molecule has 146 valence electrons. The zero-order valence-electron chi connectivity index (χ0n) is 16.1. The largest absolute Gasteiger partial charge is 0.379 e. The van der Waals surface area contributed by atoms with E-state index >= 15 is 0 Å². The summed E-state index contributed by atoms with van der Waals surface area (Å²) < 4.78 is 5.52. The lowest BCUT2D eigenvalue weighted by Crippen LogP contribution is -2.43. The average molecular weight is 380 g/mol. The molecule has 1 aromatic rings. The number of hydrogen-bond donors (Lipinski definition) is 2. The molecule has 3 N–H and O–H groups in total. The van der Waals surface area contributed by atoms with Crippen molar-refractivity contribution in [2.24, 2.45) is 10.7 Å². The summed E-state index contributed by atoms with van der Waals surface area (Å²) in [6, 6.07) is 5.30. The van der Waals surface area contributed by atoms with Crippen molar-refractivity contribution in [3.63, 3.8) is 0 Å². The van der Waals surface area contributed by atoms with Gasteiger partial charge in [0.15, 0.2) is 5.96 Å². The number of rotatable bonds is 7. The molecule has 0 aromatic carbocycles. The molecule has 0 bridgehead atoms. The summed E-state index contributed by atoms with van der Waals surface area (Å²) in [4.78, 5) is 12.4. The van der Waals surface area contributed by atoms with Gasteiger partial charge in [0.2, 0.25) is 0 Å². The molecule has 2 fully saturated rings. The number of nitrogens with two attached hydrogens (primary N) is 1. The predicted molar refractivity (Wildman–Crippen MR) is 109 cm³/mol. The number of ether oxygens (including phenoxy) is 1. The van der Waals surface area contributed by atoms with Crippen LogP contribution >= 0.6 is 11.3 Å². The van der Waals surface area contributed by atoms with Gasteiger partial charge in [-0.2, -0.15) is 0 Å². The van der Waals surface area contributed by atoms with Gasteiger partial charge in [-0.15, -0.1) is 11.3 Å². The molecule has 2 unspecified atom stereocenters. The molecule has 6 nitrogen and oxygen atoms in total. The van der Waals surface area contributed by atoms with Crippen molar-refractivity contribution in [3.05, 3.63) is 21.9 Å². The van der Waals surface area contributed by atoms with Crippen LogP contribution < -0.4 is 11.1 Å². The molecule has 0 radical (unpaired) electrons. The maximum absolute atomic E-state index is 6.18. The van der Waals surface area contributed by atoms with Crippen molar-refractivity contribution in [1.29, 1.82) is 0 Å². The van der Waals surface area contributed by atoms with Crippen LogP contribution in [0.15, 0.2) is 17.1 Å². The SMILES string of the molecule is CCN1CCCC1CNC(N)=NCC(c1ccc(C)s1)N1CCOCC1. The third kappa shape index (κ3) is 5.19. The summed E-state index contributed by atoms with van der Waals surface area (Å²) in [6.45, 7) is 11.8. The Labute approximate surface area is 161 Å². The van der Waals surface area contributed by atoms with Crippen LogP contribution in [0, 0.1) is 6.92 Å². The molecule has 0 saturated carbocycles. The molecular weight excluding hydrogens is 346 g/mol. The van der Waals surface area contributed by atoms with Crippen LogP contribution in [-0.2, 0) is 4.74 Å². The number of thiophene rings is 1. The van der Waals surface area contributed by atoms with Gasteiger partial charge in [-0.25, -0.2) is 0 Å². The van der Waals surface area contributed by atoms with E-state index in [9.17, 15) is 0 Å². The highest BCUT2D eigenvalue weighted by molar-refractivity contribution is 7.12. The third-order valence-electron chi connectivity index (χ3n) is 5.43. The van der Waals surface area contributed by atoms with Gasteiger partial charge in [0.05, 0.1) is 25.8 Å². The van der Waals surface area contributed by atoms with Crippen molar-refractivity contribution in [3.8, 4) is 0 Å². The lowest BCUT2D eigenvalue weighted by molar-refractivity contribution is 0.0187. The molecule has 2 saturated heterocycles. The van der Waals surface area contributed by atoms with Gasteiger partial charge in [-0.05, 0) is 45.0 Å². The number of morpholine rings is 1. The first-order chi connectivity index (χ1) is 12.7. The van der Waals surface area contributed by atoms with Gasteiger partial charge in [0.25, 0.3) is 0 Å². The quantitative estimate of drug-likeness (QED) is 0.559. The van der Waals surface area contributed by atoms with Crippen molar-refractivity contribution in [2.75, 3.05) is 52.5 Å². The van der Waals surface area contributed by atoms with Crippen molar-refractivity contribution >= 4 is 17.3 Å². The van der Waals surface area contributed by atoms with Crippen LogP contribution in [0.3, 0.4) is 0 Å². The maximum atomic E-state index is 6.18. The molecule has 0 spiro atoms. The van der Waals surface area contributed by atoms with E-state index in [4.69, 9.17) is 10.5 Å². The van der Waals surface area contributed by atoms with E-state index < -0.39 is 0 Å². The molecule has 3 heterocycles. The fourth-order valence-electron chi connectivity index (χ4n) is 3.91. The Morgan fingerprint density at radius 3 is 2.88 bits per heavy atom. The molecular formula is C19H33N5OS. The molecule has 0 aliphatic carbocycles. The van der Waals surface area contributed by atoms with Crippen molar-refractivity contribution in [2.45, 2.75) is 38.8 Å². The molecule has 1 aromatic heterocycles. The number of likely N-dealkylation sites (tertiary alicyclic amines) is 1. The number of nitrogens with zero attached hydrogens (tertiary/aromatic N) is 3. The van der Waals surface area contributed by atoms with Crippen LogP contribution in [-0.4, -0.2) is 74.3 Å². The molecule has 7 heteroatoms. The summed E-state index contributed by atoms with van der Waals surface area (Å²) in [5.74, 6) is 0.569. The normalized spacial score (nSPS) is 24.1. The number of likely N-dealkylation sites (N-methyl/N-ethyl adjacent to an activating group) is 1. The topological polar surface area (TPSA) is 66.1 Å². The summed E-state index contributed by atoms with van der Waals surface area (Å²) in [6.07, 6.45) is 2.53. The smallest absolute Gasteiger partial charge is 0.188 e. The van der Waals surface area contributed by atoms with Crippen molar-refractivity contribution in [1.82, 2.24) is 15.1 Å². The lowest BCUT2D eigenvalue weighted by atomic mass is 10.2. The number of nitrogens with one attached hydrogen (secondary N) is 1. The minimum Gasteiger partial charge on any atom is -0.379 e. The summed E-state index contributed by atoms with van der Waals surface area (Å²) in [7, 11) is 0. The highest BCUT2D eigenvalue weighted by Crippen LogP contribution is 2.28. The third-order valence-corrected chi connectivity index (χ3v) is 6.54. The molecule has 2 aliphatic heterocycles. The van der Waals surface area contributed by atoms with Crippen LogP contribution in [0.25, 0.3) is 0 Å². The van der Waals surface area contributed by atoms with Crippen molar-refractivity contribution < 1.29 is 4.74 Å². The molecule has 26 heavy (non-hydrogen) atoms. The van der Waals surface area contributed by atoms with Crippen LogP contribution in [0.1, 0.15) is 35.6 Å². The number of hydrogen-bond acceptors (Lipinski definition) is 5. The second-order valence-corrected chi connectivity index (χ2v) is 8.46. The van der Waals surface area contributed by atoms with E-state index in [-0.39, 0.29) is 6.04 Å². The van der Waals surface area contributed by atoms with E-state index in [1.807, 2.05) is 11.3 Å². The van der Waals surface area contributed by atoms with E-state index in [2.05, 4.69) is 46.1 Å². The Bertz CT molecular complexity index is 584. The van der Waals surface area contributed by atoms with Gasteiger partial charge in [0.1, 0.15) is 0 Å². The van der Waals surface area contributed by atoms with Gasteiger partial charge in [0, 0.05) is 35.4 Å². The van der Waals surface area contributed by atoms with Crippen LogP contribution in [0.2, 0.25) is 0 Å². The highest BCUT2D eigenvalue weighted by atomic mass is 32.1. The first-order valence-corrected chi connectivity index (χ1v) is 10.6. The molecule has 0 amide bonds. The summed E-state index contributed by atoms with van der Waals surface area (Å²) >= 11 is 1.86. The van der Waals surface area contributed by atoms with Crippen LogP contribution in [0.5, 0.6) is 0 Å². The Morgan fingerprint density at radius 2 is 2.19 bits per heavy atom. The van der Waals surface area contributed by atoms with Gasteiger partial charge >= 0.3 is 0 Å². The summed E-state index contributed by atoms with van der Waals surface area (Å²) in [5, 5.41) is 3.35. The summed E-state index contributed by atoms with van der Waals surface area (Å²) in [5.41, 5.74) is 6.18. The lowest BCUT2D eigenvalue weighted by Gasteiger charge is -2.33. The Hall–Kier alpha value is -1.15. The van der Waals surface area contributed by atoms with E-state index in [1.165, 1.54) is 29.1 Å². The minimum absolute atomic E-state index is 0.288. The first-order valence-electron chi connectivity index (χ1n) is 9.83. The fraction of sp³-hybridized carbons (Fsp3) is 0.737. The Morgan fingerprint density at radius 1 is 1.38 bits per heavy atom. The maximum Gasteiger partial charge on any atom is 0.188 e. The molecule has 2 atom stereocenters.